The van der Waals surface area contributed by atoms with E-state index in [0.717, 1.165) is 18.1 Å². The number of hydrogen-bond acceptors (Lipinski definition) is 18. The van der Waals surface area contributed by atoms with Crippen LogP contribution >= 0.6 is 11.9 Å². The Kier molecular flexibility index (Phi) is 18.1. The first-order valence-corrected chi connectivity index (χ1v) is 25.6. The molecule has 1 saturated heterocycles. The fourth-order valence-corrected chi connectivity index (χ4v) is 12.7. The highest BCUT2D eigenvalue weighted by Crippen LogP contribution is 2.64. The summed E-state index contributed by atoms with van der Waals surface area (Å²) in [4.78, 5) is 64.3. The number of Topliss-reactive ketones (excluding diaryl/α,β-unsaturated/α-hetero) is 1. The number of hydrogen-bond donors (Lipinski definition) is 4. The van der Waals surface area contributed by atoms with Crippen LogP contribution in [0, 0.1) is 26.9 Å². The molecule has 3 aliphatic carbocycles. The largest absolute Gasteiger partial charge is 0.497 e. The second kappa shape index (κ2) is 23.4. The van der Waals surface area contributed by atoms with Gasteiger partial charge in [-0.25, -0.2) is 9.10 Å². The van der Waals surface area contributed by atoms with Gasteiger partial charge in [-0.3, -0.25) is 24.5 Å². The summed E-state index contributed by atoms with van der Waals surface area (Å²) in [5.41, 5.74) is 0.0568. The van der Waals surface area contributed by atoms with Gasteiger partial charge in [0, 0.05) is 42.4 Å². The number of rotatable bonds is 13. The Morgan fingerprint density at radius 1 is 0.973 bits per heavy atom. The van der Waals surface area contributed by atoms with Gasteiger partial charge in [-0.2, -0.15) is 0 Å². The van der Waals surface area contributed by atoms with Crippen molar-refractivity contribution < 1.29 is 67.8 Å². The minimum absolute atomic E-state index is 0.0556. The number of carbonyl (C=O) groups excluding carboxylic acids is 4. The zero-order valence-corrected chi connectivity index (χ0v) is 44.8. The number of benzene rings is 4. The zero-order chi connectivity index (χ0) is 55.3. The quantitative estimate of drug-likeness (QED) is 0.0188. The Bertz CT molecular complexity index is 2740. The van der Waals surface area contributed by atoms with E-state index in [1.807, 2.05) is 62.4 Å². The van der Waals surface area contributed by atoms with E-state index in [4.69, 9.17) is 34.2 Å². The Morgan fingerprint density at radius 3 is 2.19 bits per heavy atom. The molecule has 3 fully saturated rings. The predicted molar refractivity (Wildman–Crippen MR) is 278 cm³/mol. The Labute approximate surface area is 441 Å². The lowest BCUT2D eigenvalue weighted by molar-refractivity contribution is -0.387. The van der Waals surface area contributed by atoms with Gasteiger partial charge < -0.3 is 49.5 Å². The van der Waals surface area contributed by atoms with Crippen molar-refractivity contribution in [1.82, 2.24) is 4.31 Å². The number of ketones is 1. The molecule has 10 atom stereocenters. The van der Waals surface area contributed by atoms with Crippen molar-refractivity contribution in [2.75, 3.05) is 27.4 Å². The van der Waals surface area contributed by atoms with E-state index >= 15 is 0 Å². The van der Waals surface area contributed by atoms with Gasteiger partial charge in [0.05, 0.1) is 49.4 Å². The average molecular weight is 1060 g/mol. The van der Waals surface area contributed by atoms with Gasteiger partial charge in [0.1, 0.15) is 46.0 Å². The van der Waals surface area contributed by atoms with E-state index in [-0.39, 0.29) is 53.5 Å². The van der Waals surface area contributed by atoms with Crippen molar-refractivity contribution in [3.8, 4) is 11.5 Å². The summed E-state index contributed by atoms with van der Waals surface area (Å²) < 4.78 is 36.6. The normalized spacial score (nSPS) is 29.8. The van der Waals surface area contributed by atoms with Crippen LogP contribution in [0.5, 0.6) is 11.5 Å². The molecule has 0 spiro atoms. The number of aliphatic hydroxyl groups excluding tert-OH is 2. The summed E-state index contributed by atoms with van der Waals surface area (Å²) >= 11 is 1.32. The summed E-state index contributed by atoms with van der Waals surface area (Å²) in [6.07, 6.45) is -5.27. The summed E-state index contributed by atoms with van der Waals surface area (Å²) in [5, 5.41) is 47.3. The molecule has 4 aromatic carbocycles. The summed E-state index contributed by atoms with van der Waals surface area (Å²) in [7, 11) is 3.20. The fraction of sp³-hybridized carbons (Fsp3) is 0.464. The van der Waals surface area contributed by atoms with E-state index in [0.29, 0.717) is 28.6 Å². The first kappa shape index (κ1) is 58.1. The summed E-state index contributed by atoms with van der Waals surface area (Å²) in [6, 6.07) is 30.1. The molecular formula is C56H69N3O15S. The van der Waals surface area contributed by atoms with Crippen LogP contribution in [0.15, 0.2) is 119 Å². The number of para-hydroxylation sites is 1. The van der Waals surface area contributed by atoms with Crippen molar-refractivity contribution in [2.45, 2.75) is 127 Å². The molecule has 1 heterocycles. The number of ether oxygens (including phenoxy) is 6. The second-order valence-electron chi connectivity index (χ2n) is 19.7. The number of nitro groups is 1. The maximum absolute atomic E-state index is 14.5. The molecule has 2 bridgehead atoms. The lowest BCUT2D eigenvalue weighted by atomic mass is 9.42. The van der Waals surface area contributed by atoms with Gasteiger partial charge in [0.25, 0.3) is 12.2 Å². The lowest BCUT2D eigenvalue weighted by Gasteiger charge is -2.68. The van der Waals surface area contributed by atoms with Gasteiger partial charge in [0.15, 0.2) is 17.5 Å². The molecule has 404 valence electrons. The third kappa shape index (κ3) is 10.2. The minimum atomic E-state index is -2.30. The molecule has 5 N–H and O–H groups in total. The number of aliphatic hydroxyl groups is 3. The van der Waals surface area contributed by atoms with E-state index in [1.165, 1.54) is 37.1 Å². The molecule has 4 aliphatic rings. The van der Waals surface area contributed by atoms with Crippen LogP contribution < -0.4 is 15.2 Å². The van der Waals surface area contributed by atoms with Crippen molar-refractivity contribution in [3.05, 3.63) is 141 Å². The Balaban J connectivity index is 0.000000246. The van der Waals surface area contributed by atoms with Gasteiger partial charge in [-0.05, 0) is 78.8 Å². The zero-order valence-electron chi connectivity index (χ0n) is 44.0. The molecule has 0 amide bonds. The Hall–Kier alpha value is -6.19. The monoisotopic (exact) mass is 1060 g/mol. The first-order valence-electron chi connectivity index (χ1n) is 24.8. The van der Waals surface area contributed by atoms with Crippen LogP contribution in [0.3, 0.4) is 0 Å². The van der Waals surface area contributed by atoms with E-state index in [9.17, 15) is 44.6 Å². The van der Waals surface area contributed by atoms with Crippen LogP contribution in [0.4, 0.5) is 5.69 Å². The number of nitrogens with zero attached hydrogens (tertiary/aromatic N) is 2. The van der Waals surface area contributed by atoms with Crippen molar-refractivity contribution in [1.29, 1.82) is 0 Å². The summed E-state index contributed by atoms with van der Waals surface area (Å²) in [6.45, 7) is 12.8. The third-order valence-corrected chi connectivity index (χ3v) is 16.9. The molecule has 18 nitrogen and oxygen atoms in total. The number of methoxy groups -OCH3 is 2. The average Bonchev–Trinajstić information content (AvgIpc) is 3.82. The highest BCUT2D eigenvalue weighted by Gasteiger charge is 2.79. The topological polar surface area (TPSA) is 257 Å². The van der Waals surface area contributed by atoms with Gasteiger partial charge in [0.2, 0.25) is 0 Å². The van der Waals surface area contributed by atoms with Crippen molar-refractivity contribution in [3.63, 3.8) is 0 Å². The fourth-order valence-electron chi connectivity index (χ4n) is 11.5. The molecule has 2 saturated carbocycles. The third-order valence-electron chi connectivity index (χ3n) is 15.7. The molecule has 1 aliphatic heterocycles. The molecule has 4 aromatic rings. The van der Waals surface area contributed by atoms with Crippen LogP contribution in [-0.2, 0) is 33.3 Å². The van der Waals surface area contributed by atoms with Gasteiger partial charge in [-0.1, -0.05) is 102 Å². The number of carbonyl (C=O) groups is 4. The van der Waals surface area contributed by atoms with Crippen molar-refractivity contribution in [2.24, 2.45) is 22.5 Å². The number of fused-ring (bicyclic) bond motifs is 3. The summed E-state index contributed by atoms with van der Waals surface area (Å²) in [5.74, 6) is -1.84. The minimum Gasteiger partial charge on any atom is -0.497 e. The SMILES string of the molecule is CC.CC(=O)O[C@@]1(CO)C(C)CCC2(C)C(=O)C(O)C3=C(C)[C@@H](OC=O)CC(O)([C@@H](OC(=O)c4ccccc4)[C@@]21N)C3(C)C.COc1ccc(C2OCC(c3ccccc3)N2Sc2ccccc2[N+](=O)[O-])c(OC)c1. The standard InChI is InChI=1S/C31H41NO10.C23H22N2O5S.C2H6/c1-17-12-13-28(6)24(37)23(36)22-18(2)21(40-16-34)14-29(39,27(22,4)5)26(41-25(38)20-10-8-7-9-11-20)31(28,32)30(17,15-33)42-19(3)35;1-28-17-12-13-18(21(14-17)29-2)23-24(20(15-30-23)16-8-4-3-5-9-16)31-22-11-7-6-10-19(22)25(26)27;1-2/h7-11,16-17,21,23,26,33,36,39H,12-15,32H2,1-6H3;3-14,20,23H,15H2,1-2H3;1-2H3/t17?,21-,23?,26+,28?,29?,30-,31+;;/m0../s1. The molecule has 19 heteroatoms. The van der Waals surface area contributed by atoms with Crippen LogP contribution in [0.1, 0.15) is 108 Å². The molecule has 0 aromatic heterocycles. The second-order valence-corrected chi connectivity index (χ2v) is 20.7. The van der Waals surface area contributed by atoms with Gasteiger partial charge in [-0.15, -0.1) is 0 Å². The highest BCUT2D eigenvalue weighted by atomic mass is 32.2. The lowest BCUT2D eigenvalue weighted by Crippen LogP contribution is -2.88. The highest BCUT2D eigenvalue weighted by molar-refractivity contribution is 7.97. The molecule has 75 heavy (non-hydrogen) atoms. The van der Waals surface area contributed by atoms with Crippen LogP contribution in [-0.4, -0.2) is 111 Å². The molecule has 0 radical (unpaired) electrons. The molecular weight excluding hydrogens is 987 g/mol. The maximum Gasteiger partial charge on any atom is 0.338 e. The first-order chi connectivity index (χ1) is 35.6. The van der Waals surface area contributed by atoms with E-state index < -0.39 is 82.4 Å². The smallest absolute Gasteiger partial charge is 0.338 e. The molecule has 8 rings (SSSR count). The van der Waals surface area contributed by atoms with Gasteiger partial charge >= 0.3 is 11.9 Å². The van der Waals surface area contributed by atoms with E-state index in [2.05, 4.69) is 4.31 Å². The van der Waals surface area contributed by atoms with Crippen molar-refractivity contribution >= 4 is 41.8 Å². The van der Waals surface area contributed by atoms with Crippen LogP contribution in [0.25, 0.3) is 0 Å². The van der Waals surface area contributed by atoms with E-state index in [1.54, 1.807) is 78.3 Å². The number of nitrogens with two attached hydrogens (primary N) is 1. The number of nitro benzene ring substituents is 1. The number of esters is 2. The Morgan fingerprint density at radius 2 is 1.60 bits per heavy atom. The van der Waals surface area contributed by atoms with Crippen LogP contribution in [0.2, 0.25) is 0 Å². The predicted octanol–water partition coefficient (Wildman–Crippen LogP) is 8.02. The molecule has 6 unspecified atom stereocenters. The maximum atomic E-state index is 14.5.